The second-order valence-corrected chi connectivity index (χ2v) is 6.28. The summed E-state index contributed by atoms with van der Waals surface area (Å²) < 4.78 is 0. The molecule has 3 nitrogen and oxygen atoms in total. The van der Waals surface area contributed by atoms with E-state index < -0.39 is 0 Å². The summed E-state index contributed by atoms with van der Waals surface area (Å²) in [5.41, 5.74) is 0. The second kappa shape index (κ2) is 8.13. The molecule has 0 saturated carbocycles. The lowest BCUT2D eigenvalue weighted by Gasteiger charge is -2.37. The van der Waals surface area contributed by atoms with Crippen LogP contribution in [-0.4, -0.2) is 62.2 Å². The first-order chi connectivity index (χ1) is 8.54. The molecule has 0 spiro atoms. The maximum atomic E-state index is 3.70. The van der Waals surface area contributed by atoms with Gasteiger partial charge in [0.1, 0.15) is 0 Å². The average molecular weight is 255 g/mol. The Labute approximate surface area is 114 Å². The Balaban J connectivity index is 2.37. The van der Waals surface area contributed by atoms with E-state index in [2.05, 4.69) is 50.0 Å². The highest BCUT2D eigenvalue weighted by molar-refractivity contribution is 4.81. The van der Waals surface area contributed by atoms with Crippen molar-refractivity contribution < 1.29 is 0 Å². The molecule has 1 aliphatic rings. The van der Waals surface area contributed by atoms with Crippen molar-refractivity contribution in [1.29, 1.82) is 0 Å². The first-order valence-electron chi connectivity index (χ1n) is 7.66. The standard InChI is InChI=1S/C15H33N3/c1-6-9-16-15(13(2)3)12-18(5)14-7-10-17(4)11-8-14/h13-16H,6-12H2,1-5H3. The number of likely N-dealkylation sites (tertiary alicyclic amines) is 1. The maximum Gasteiger partial charge on any atom is 0.0217 e. The van der Waals surface area contributed by atoms with E-state index >= 15 is 0 Å². The van der Waals surface area contributed by atoms with Crippen molar-refractivity contribution in [2.24, 2.45) is 5.92 Å². The summed E-state index contributed by atoms with van der Waals surface area (Å²) in [6, 6.07) is 1.42. The van der Waals surface area contributed by atoms with Crippen molar-refractivity contribution in [2.75, 3.05) is 40.3 Å². The van der Waals surface area contributed by atoms with Gasteiger partial charge in [-0.1, -0.05) is 20.8 Å². The van der Waals surface area contributed by atoms with Crippen molar-refractivity contribution in [3.8, 4) is 0 Å². The summed E-state index contributed by atoms with van der Waals surface area (Å²) in [7, 11) is 4.54. The molecule has 1 atom stereocenters. The molecule has 3 heteroatoms. The molecule has 1 heterocycles. The van der Waals surface area contributed by atoms with Gasteiger partial charge in [-0.15, -0.1) is 0 Å². The van der Waals surface area contributed by atoms with Crippen LogP contribution >= 0.6 is 0 Å². The van der Waals surface area contributed by atoms with Gasteiger partial charge in [0.15, 0.2) is 0 Å². The minimum atomic E-state index is 0.634. The Hall–Kier alpha value is -0.120. The molecule has 0 aromatic heterocycles. The average Bonchev–Trinajstić information content (AvgIpc) is 2.34. The summed E-state index contributed by atoms with van der Waals surface area (Å²) in [6.07, 6.45) is 3.87. The first kappa shape index (κ1) is 15.9. The second-order valence-electron chi connectivity index (χ2n) is 6.28. The lowest BCUT2D eigenvalue weighted by Crippen LogP contribution is -2.49. The van der Waals surface area contributed by atoms with Crippen LogP contribution in [0, 0.1) is 5.92 Å². The summed E-state index contributed by atoms with van der Waals surface area (Å²) >= 11 is 0. The molecule has 108 valence electrons. The molecule has 1 unspecified atom stereocenters. The molecule has 1 fully saturated rings. The third-order valence-corrected chi connectivity index (χ3v) is 4.26. The van der Waals surface area contributed by atoms with Crippen LogP contribution in [0.5, 0.6) is 0 Å². The van der Waals surface area contributed by atoms with E-state index in [1.807, 2.05) is 0 Å². The predicted octanol–water partition coefficient (Wildman–Crippen LogP) is 2.04. The van der Waals surface area contributed by atoms with E-state index in [-0.39, 0.29) is 0 Å². The fourth-order valence-corrected chi connectivity index (χ4v) is 2.74. The Morgan fingerprint density at radius 1 is 1.28 bits per heavy atom. The van der Waals surface area contributed by atoms with E-state index in [0.717, 1.165) is 12.6 Å². The maximum absolute atomic E-state index is 3.70. The zero-order chi connectivity index (χ0) is 13.5. The molecule has 0 amide bonds. The fourth-order valence-electron chi connectivity index (χ4n) is 2.74. The van der Waals surface area contributed by atoms with Crippen LogP contribution in [0.3, 0.4) is 0 Å². The Bertz CT molecular complexity index is 210. The van der Waals surface area contributed by atoms with Crippen molar-refractivity contribution >= 4 is 0 Å². The van der Waals surface area contributed by atoms with E-state index in [4.69, 9.17) is 0 Å². The summed E-state index contributed by atoms with van der Waals surface area (Å²) in [4.78, 5) is 5.03. The Kier molecular flexibility index (Phi) is 7.20. The minimum absolute atomic E-state index is 0.634. The minimum Gasteiger partial charge on any atom is -0.312 e. The van der Waals surface area contributed by atoms with Gasteiger partial charge in [0.2, 0.25) is 0 Å². The van der Waals surface area contributed by atoms with Crippen molar-refractivity contribution in [3.05, 3.63) is 0 Å². The molecular weight excluding hydrogens is 222 g/mol. The molecule has 0 aromatic rings. The van der Waals surface area contributed by atoms with Crippen LogP contribution in [0.2, 0.25) is 0 Å². The molecule has 18 heavy (non-hydrogen) atoms. The molecule has 1 rings (SSSR count). The quantitative estimate of drug-likeness (QED) is 0.751. The lowest BCUT2D eigenvalue weighted by atomic mass is 10.00. The van der Waals surface area contributed by atoms with E-state index in [1.165, 1.54) is 38.9 Å². The van der Waals surface area contributed by atoms with E-state index in [1.54, 1.807) is 0 Å². The zero-order valence-corrected chi connectivity index (χ0v) is 13.1. The van der Waals surface area contributed by atoms with Crippen LogP contribution in [0.4, 0.5) is 0 Å². The van der Waals surface area contributed by atoms with E-state index in [0.29, 0.717) is 12.0 Å². The van der Waals surface area contributed by atoms with Gasteiger partial charge in [0, 0.05) is 18.6 Å². The predicted molar refractivity (Wildman–Crippen MR) is 80.1 cm³/mol. The highest BCUT2D eigenvalue weighted by Crippen LogP contribution is 2.15. The van der Waals surface area contributed by atoms with Gasteiger partial charge >= 0.3 is 0 Å². The fraction of sp³-hybridized carbons (Fsp3) is 1.00. The van der Waals surface area contributed by atoms with Gasteiger partial charge in [0.05, 0.1) is 0 Å². The van der Waals surface area contributed by atoms with Crippen LogP contribution in [-0.2, 0) is 0 Å². The first-order valence-corrected chi connectivity index (χ1v) is 7.66. The zero-order valence-electron chi connectivity index (χ0n) is 13.1. The van der Waals surface area contributed by atoms with Gasteiger partial charge in [-0.3, -0.25) is 0 Å². The lowest BCUT2D eigenvalue weighted by molar-refractivity contribution is 0.127. The van der Waals surface area contributed by atoms with Gasteiger partial charge in [-0.25, -0.2) is 0 Å². The molecule has 1 saturated heterocycles. The third-order valence-electron chi connectivity index (χ3n) is 4.26. The SMILES string of the molecule is CCCNC(CN(C)C1CCN(C)CC1)C(C)C. The monoisotopic (exact) mass is 255 g/mol. The number of rotatable bonds is 7. The van der Waals surface area contributed by atoms with Crippen LogP contribution in [0.15, 0.2) is 0 Å². The van der Waals surface area contributed by atoms with Crippen LogP contribution in [0.1, 0.15) is 40.0 Å². The Morgan fingerprint density at radius 2 is 1.89 bits per heavy atom. The topological polar surface area (TPSA) is 18.5 Å². The Morgan fingerprint density at radius 3 is 2.39 bits per heavy atom. The largest absolute Gasteiger partial charge is 0.312 e. The highest BCUT2D eigenvalue weighted by Gasteiger charge is 2.23. The normalized spacial score (nSPS) is 20.8. The molecule has 0 bridgehead atoms. The summed E-state index contributed by atoms with van der Waals surface area (Å²) in [5.74, 6) is 0.713. The van der Waals surface area contributed by atoms with Gasteiger partial charge < -0.3 is 15.1 Å². The van der Waals surface area contributed by atoms with Gasteiger partial charge in [0.25, 0.3) is 0 Å². The van der Waals surface area contributed by atoms with E-state index in [9.17, 15) is 0 Å². The summed E-state index contributed by atoms with van der Waals surface area (Å²) in [5, 5.41) is 3.70. The molecule has 0 aliphatic carbocycles. The van der Waals surface area contributed by atoms with Gasteiger partial charge in [-0.05, 0) is 58.9 Å². The molecule has 1 N–H and O–H groups in total. The van der Waals surface area contributed by atoms with Crippen LogP contribution in [0.25, 0.3) is 0 Å². The van der Waals surface area contributed by atoms with Crippen molar-refractivity contribution in [2.45, 2.75) is 52.1 Å². The number of nitrogens with one attached hydrogen (secondary N) is 1. The summed E-state index contributed by atoms with van der Waals surface area (Å²) in [6.45, 7) is 11.7. The van der Waals surface area contributed by atoms with Crippen molar-refractivity contribution in [3.63, 3.8) is 0 Å². The number of piperidine rings is 1. The molecular formula is C15H33N3. The van der Waals surface area contributed by atoms with Gasteiger partial charge in [-0.2, -0.15) is 0 Å². The molecule has 0 radical (unpaired) electrons. The number of likely N-dealkylation sites (N-methyl/N-ethyl adjacent to an activating group) is 1. The molecule has 0 aromatic carbocycles. The molecule has 1 aliphatic heterocycles. The number of hydrogen-bond donors (Lipinski definition) is 1. The number of hydrogen-bond acceptors (Lipinski definition) is 3. The van der Waals surface area contributed by atoms with Crippen LogP contribution < -0.4 is 5.32 Å². The number of nitrogens with zero attached hydrogens (tertiary/aromatic N) is 2. The smallest absolute Gasteiger partial charge is 0.0217 e. The highest BCUT2D eigenvalue weighted by atomic mass is 15.2. The third kappa shape index (κ3) is 5.25. The van der Waals surface area contributed by atoms with Crippen molar-refractivity contribution in [1.82, 2.24) is 15.1 Å².